The van der Waals surface area contributed by atoms with E-state index in [1.807, 2.05) is 49.4 Å². The standard InChI is InChI=1S/C19H22O2Si/c1-3-16-22(21-17(2)14-15-20,18-10-6-4-7-11-18)19-12-8-5-9-13-19/h3-13,15,17H,1,14,16H2,2H3. The van der Waals surface area contributed by atoms with E-state index in [4.69, 9.17) is 4.43 Å². The van der Waals surface area contributed by atoms with Crippen LogP contribution in [0.3, 0.4) is 0 Å². The van der Waals surface area contributed by atoms with E-state index < -0.39 is 8.32 Å². The number of carbonyl (C=O) groups is 1. The van der Waals surface area contributed by atoms with Crippen molar-refractivity contribution in [2.45, 2.75) is 25.5 Å². The SMILES string of the molecule is C=CC[Si](OC(C)CC=O)(c1ccccc1)c1ccccc1. The van der Waals surface area contributed by atoms with Crippen molar-refractivity contribution in [2.24, 2.45) is 0 Å². The first kappa shape index (κ1) is 16.4. The summed E-state index contributed by atoms with van der Waals surface area (Å²) in [5.74, 6) is 0. The quantitative estimate of drug-likeness (QED) is 0.426. The van der Waals surface area contributed by atoms with E-state index in [1.165, 1.54) is 10.4 Å². The van der Waals surface area contributed by atoms with Crippen LogP contribution in [0.4, 0.5) is 0 Å². The van der Waals surface area contributed by atoms with Crippen molar-refractivity contribution in [1.82, 2.24) is 0 Å². The van der Waals surface area contributed by atoms with Gasteiger partial charge < -0.3 is 9.22 Å². The van der Waals surface area contributed by atoms with Crippen molar-refractivity contribution in [3.8, 4) is 0 Å². The summed E-state index contributed by atoms with van der Waals surface area (Å²) in [5, 5.41) is 2.41. The first-order chi connectivity index (χ1) is 10.7. The molecule has 0 N–H and O–H groups in total. The molecule has 0 amide bonds. The van der Waals surface area contributed by atoms with Crippen LogP contribution in [0.2, 0.25) is 6.04 Å². The van der Waals surface area contributed by atoms with Gasteiger partial charge in [-0.05, 0) is 23.3 Å². The molecule has 1 unspecified atom stereocenters. The van der Waals surface area contributed by atoms with Gasteiger partial charge >= 0.3 is 0 Å². The number of benzene rings is 2. The maximum absolute atomic E-state index is 10.8. The van der Waals surface area contributed by atoms with Gasteiger partial charge in [0.1, 0.15) is 6.29 Å². The molecule has 1 atom stereocenters. The monoisotopic (exact) mass is 310 g/mol. The van der Waals surface area contributed by atoms with Crippen LogP contribution in [0.25, 0.3) is 0 Å². The van der Waals surface area contributed by atoms with Crippen molar-refractivity contribution >= 4 is 25.0 Å². The summed E-state index contributed by atoms with van der Waals surface area (Å²) in [6.07, 6.45) is 3.16. The van der Waals surface area contributed by atoms with Gasteiger partial charge in [-0.25, -0.2) is 0 Å². The summed E-state index contributed by atoms with van der Waals surface area (Å²) in [5.41, 5.74) is 0. The Morgan fingerprint density at radius 2 is 1.55 bits per heavy atom. The highest BCUT2D eigenvalue weighted by molar-refractivity contribution is 6.97. The lowest BCUT2D eigenvalue weighted by atomic mass is 10.3. The number of aldehydes is 1. The Labute approximate surface area is 133 Å². The number of carbonyl (C=O) groups excluding carboxylic acids is 1. The van der Waals surface area contributed by atoms with Crippen molar-refractivity contribution in [3.63, 3.8) is 0 Å². The highest BCUT2D eigenvalue weighted by Gasteiger charge is 2.39. The summed E-state index contributed by atoms with van der Waals surface area (Å²) in [4.78, 5) is 10.8. The van der Waals surface area contributed by atoms with E-state index in [9.17, 15) is 4.79 Å². The maximum Gasteiger partial charge on any atom is 0.259 e. The second kappa shape index (κ2) is 7.87. The van der Waals surface area contributed by atoms with Gasteiger partial charge in [-0.1, -0.05) is 66.7 Å². The van der Waals surface area contributed by atoms with Crippen LogP contribution in [0.15, 0.2) is 73.3 Å². The zero-order valence-electron chi connectivity index (χ0n) is 12.9. The molecule has 0 radical (unpaired) electrons. The molecule has 0 aromatic heterocycles. The molecule has 22 heavy (non-hydrogen) atoms. The van der Waals surface area contributed by atoms with Crippen molar-refractivity contribution in [1.29, 1.82) is 0 Å². The Hall–Kier alpha value is -1.97. The van der Waals surface area contributed by atoms with Crippen LogP contribution < -0.4 is 10.4 Å². The molecule has 2 aromatic rings. The maximum atomic E-state index is 10.8. The molecule has 114 valence electrons. The molecule has 0 fully saturated rings. The summed E-state index contributed by atoms with van der Waals surface area (Å²) < 4.78 is 6.53. The highest BCUT2D eigenvalue weighted by atomic mass is 28.4. The summed E-state index contributed by atoms with van der Waals surface area (Å²) in [6, 6.07) is 21.4. The van der Waals surface area contributed by atoms with Gasteiger partial charge in [0.05, 0.1) is 0 Å². The number of rotatable bonds is 8. The minimum absolute atomic E-state index is 0.107. The molecule has 0 saturated heterocycles. The fraction of sp³-hybridized carbons (Fsp3) is 0.211. The summed E-state index contributed by atoms with van der Waals surface area (Å²) in [6.45, 7) is 5.90. The molecular formula is C19H22O2Si. The van der Waals surface area contributed by atoms with Gasteiger partial charge in [0.25, 0.3) is 8.32 Å². The van der Waals surface area contributed by atoms with Gasteiger partial charge in [-0.2, -0.15) is 0 Å². The van der Waals surface area contributed by atoms with E-state index in [1.54, 1.807) is 0 Å². The Kier molecular flexibility index (Phi) is 5.87. The zero-order valence-corrected chi connectivity index (χ0v) is 13.9. The fourth-order valence-electron chi connectivity index (χ4n) is 2.73. The van der Waals surface area contributed by atoms with Crippen LogP contribution in [0, 0.1) is 0 Å². The van der Waals surface area contributed by atoms with Gasteiger partial charge in [0.2, 0.25) is 0 Å². The molecule has 0 aliphatic carbocycles. The van der Waals surface area contributed by atoms with Crippen LogP contribution in [0.5, 0.6) is 0 Å². The van der Waals surface area contributed by atoms with Crippen molar-refractivity contribution in [2.75, 3.05) is 0 Å². The van der Waals surface area contributed by atoms with Gasteiger partial charge in [-0.3, -0.25) is 0 Å². The predicted octanol–water partition coefficient (Wildman–Crippen LogP) is 2.93. The fourth-order valence-corrected chi connectivity index (χ4v) is 6.56. The largest absolute Gasteiger partial charge is 0.405 e. The van der Waals surface area contributed by atoms with E-state index >= 15 is 0 Å². The second-order valence-corrected chi connectivity index (χ2v) is 8.84. The molecule has 0 spiro atoms. The smallest absolute Gasteiger partial charge is 0.259 e. The van der Waals surface area contributed by atoms with Gasteiger partial charge in [0.15, 0.2) is 0 Å². The van der Waals surface area contributed by atoms with E-state index in [0.717, 1.165) is 12.3 Å². The molecule has 0 heterocycles. The lowest BCUT2D eigenvalue weighted by Gasteiger charge is -2.34. The molecule has 2 aromatic carbocycles. The molecule has 0 aliphatic rings. The first-order valence-electron chi connectivity index (χ1n) is 7.56. The number of allylic oxidation sites excluding steroid dienone is 1. The molecule has 2 rings (SSSR count). The van der Waals surface area contributed by atoms with Crippen molar-refractivity contribution < 1.29 is 9.22 Å². The minimum atomic E-state index is -2.42. The minimum Gasteiger partial charge on any atom is -0.405 e. The average molecular weight is 310 g/mol. The topological polar surface area (TPSA) is 26.3 Å². The summed E-state index contributed by atoms with van der Waals surface area (Å²) >= 11 is 0. The number of hydrogen-bond acceptors (Lipinski definition) is 2. The Bertz CT molecular complexity index is 556. The molecular weight excluding hydrogens is 288 g/mol. The van der Waals surface area contributed by atoms with Crippen LogP contribution in [0.1, 0.15) is 13.3 Å². The Morgan fingerprint density at radius 1 is 1.05 bits per heavy atom. The third-order valence-corrected chi connectivity index (χ3v) is 7.94. The van der Waals surface area contributed by atoms with Crippen LogP contribution >= 0.6 is 0 Å². The first-order valence-corrected chi connectivity index (χ1v) is 9.68. The second-order valence-electron chi connectivity index (χ2n) is 5.38. The Morgan fingerprint density at radius 3 is 1.95 bits per heavy atom. The lowest BCUT2D eigenvalue weighted by molar-refractivity contribution is -0.109. The normalized spacial score (nSPS) is 12.6. The molecule has 0 saturated carbocycles. The molecule has 0 aliphatic heterocycles. The van der Waals surface area contributed by atoms with Crippen molar-refractivity contribution in [3.05, 3.63) is 73.3 Å². The summed E-state index contributed by atoms with van der Waals surface area (Å²) in [7, 11) is -2.42. The molecule has 0 bridgehead atoms. The van der Waals surface area contributed by atoms with Crippen LogP contribution in [-0.4, -0.2) is 20.7 Å². The molecule has 2 nitrogen and oxygen atoms in total. The third kappa shape index (κ3) is 3.61. The third-order valence-electron chi connectivity index (χ3n) is 3.74. The Balaban J connectivity index is 2.54. The van der Waals surface area contributed by atoms with E-state index in [0.29, 0.717) is 6.42 Å². The van der Waals surface area contributed by atoms with E-state index in [2.05, 4.69) is 30.8 Å². The van der Waals surface area contributed by atoms with Gasteiger partial charge in [0, 0.05) is 12.5 Å². The lowest BCUT2D eigenvalue weighted by Crippen LogP contribution is -2.61. The van der Waals surface area contributed by atoms with Gasteiger partial charge in [-0.15, -0.1) is 6.58 Å². The average Bonchev–Trinajstić information content (AvgIpc) is 2.56. The van der Waals surface area contributed by atoms with Crippen LogP contribution in [-0.2, 0) is 9.22 Å². The number of hydrogen-bond donors (Lipinski definition) is 0. The predicted molar refractivity (Wildman–Crippen MR) is 94.1 cm³/mol. The highest BCUT2D eigenvalue weighted by Crippen LogP contribution is 2.17. The zero-order chi connectivity index (χ0) is 15.8. The molecule has 3 heteroatoms. The van der Waals surface area contributed by atoms with E-state index in [-0.39, 0.29) is 6.10 Å².